The molecule has 2 atom stereocenters. The van der Waals surface area contributed by atoms with Gasteiger partial charge in [-0.15, -0.1) is 0 Å². The SMILES string of the molecule is O[C@@H]1Cc2ccccc2[C@@H]1NC1CCC1. The summed E-state index contributed by atoms with van der Waals surface area (Å²) in [5.74, 6) is 0. The van der Waals surface area contributed by atoms with Crippen molar-refractivity contribution in [2.45, 2.75) is 43.9 Å². The Kier molecular flexibility index (Phi) is 2.26. The predicted octanol–water partition coefficient (Wildman–Crippen LogP) is 1.79. The number of benzene rings is 1. The maximum absolute atomic E-state index is 10.0. The molecule has 0 aromatic heterocycles. The topological polar surface area (TPSA) is 32.3 Å². The van der Waals surface area contributed by atoms with Crippen LogP contribution in [0.2, 0.25) is 0 Å². The van der Waals surface area contributed by atoms with E-state index in [0.29, 0.717) is 6.04 Å². The van der Waals surface area contributed by atoms with E-state index in [-0.39, 0.29) is 12.1 Å². The number of fused-ring (bicyclic) bond motifs is 1. The van der Waals surface area contributed by atoms with Gasteiger partial charge in [0.05, 0.1) is 12.1 Å². The summed E-state index contributed by atoms with van der Waals surface area (Å²) < 4.78 is 0. The fourth-order valence-corrected chi connectivity index (χ4v) is 2.60. The van der Waals surface area contributed by atoms with Crippen LogP contribution < -0.4 is 5.32 Å². The van der Waals surface area contributed by atoms with E-state index in [0.717, 1.165) is 6.42 Å². The lowest BCUT2D eigenvalue weighted by Gasteiger charge is -2.31. The highest BCUT2D eigenvalue weighted by Crippen LogP contribution is 2.33. The molecular formula is C13H17NO. The molecule has 0 saturated heterocycles. The molecule has 2 N–H and O–H groups in total. The van der Waals surface area contributed by atoms with Gasteiger partial charge in [0.15, 0.2) is 0 Å². The van der Waals surface area contributed by atoms with Gasteiger partial charge in [-0.05, 0) is 24.0 Å². The maximum atomic E-state index is 10.0. The molecule has 1 aromatic carbocycles. The molecule has 0 unspecified atom stereocenters. The summed E-state index contributed by atoms with van der Waals surface area (Å²) in [6.07, 6.45) is 4.45. The van der Waals surface area contributed by atoms with Crippen LogP contribution >= 0.6 is 0 Å². The maximum Gasteiger partial charge on any atom is 0.0775 e. The Labute approximate surface area is 90.3 Å². The van der Waals surface area contributed by atoms with Gasteiger partial charge in [0, 0.05) is 12.5 Å². The van der Waals surface area contributed by atoms with Crippen LogP contribution in [0, 0.1) is 0 Å². The van der Waals surface area contributed by atoms with Gasteiger partial charge < -0.3 is 10.4 Å². The molecule has 1 saturated carbocycles. The van der Waals surface area contributed by atoms with Gasteiger partial charge in [0.2, 0.25) is 0 Å². The monoisotopic (exact) mass is 203 g/mol. The van der Waals surface area contributed by atoms with Gasteiger partial charge in [0.25, 0.3) is 0 Å². The van der Waals surface area contributed by atoms with Crippen molar-refractivity contribution in [3.8, 4) is 0 Å². The van der Waals surface area contributed by atoms with E-state index < -0.39 is 0 Å². The van der Waals surface area contributed by atoms with Crippen LogP contribution in [0.25, 0.3) is 0 Å². The number of rotatable bonds is 2. The molecule has 0 heterocycles. The summed E-state index contributed by atoms with van der Waals surface area (Å²) in [7, 11) is 0. The Morgan fingerprint density at radius 2 is 2.00 bits per heavy atom. The second-order valence-electron chi connectivity index (χ2n) is 4.74. The minimum atomic E-state index is -0.233. The molecule has 0 bridgehead atoms. The summed E-state index contributed by atoms with van der Waals surface area (Å²) in [5, 5.41) is 13.6. The molecule has 1 fully saturated rings. The third kappa shape index (κ3) is 1.58. The van der Waals surface area contributed by atoms with Crippen LogP contribution in [-0.2, 0) is 6.42 Å². The van der Waals surface area contributed by atoms with E-state index in [1.54, 1.807) is 0 Å². The minimum Gasteiger partial charge on any atom is -0.391 e. The zero-order chi connectivity index (χ0) is 10.3. The summed E-state index contributed by atoms with van der Waals surface area (Å²) in [6.45, 7) is 0. The van der Waals surface area contributed by atoms with E-state index in [9.17, 15) is 5.11 Å². The number of aliphatic hydroxyl groups is 1. The first-order valence-electron chi connectivity index (χ1n) is 5.86. The van der Waals surface area contributed by atoms with E-state index in [1.807, 2.05) is 0 Å². The first-order valence-corrected chi connectivity index (χ1v) is 5.86. The van der Waals surface area contributed by atoms with Crippen LogP contribution in [0.5, 0.6) is 0 Å². The first kappa shape index (κ1) is 9.37. The summed E-state index contributed by atoms with van der Waals surface area (Å²) >= 11 is 0. The third-order valence-corrected chi connectivity index (χ3v) is 3.72. The van der Waals surface area contributed by atoms with E-state index >= 15 is 0 Å². The highest BCUT2D eigenvalue weighted by molar-refractivity contribution is 5.36. The highest BCUT2D eigenvalue weighted by Gasteiger charge is 2.33. The molecular weight excluding hydrogens is 186 g/mol. The number of hydrogen-bond acceptors (Lipinski definition) is 2. The van der Waals surface area contributed by atoms with Crippen LogP contribution in [0.15, 0.2) is 24.3 Å². The Morgan fingerprint density at radius 1 is 1.20 bits per heavy atom. The smallest absolute Gasteiger partial charge is 0.0775 e. The Hall–Kier alpha value is -0.860. The van der Waals surface area contributed by atoms with E-state index in [4.69, 9.17) is 0 Å². The summed E-state index contributed by atoms with van der Waals surface area (Å²) in [6, 6.07) is 9.19. The first-order chi connectivity index (χ1) is 7.34. The molecule has 80 valence electrons. The van der Waals surface area contributed by atoms with Crippen LogP contribution in [0.4, 0.5) is 0 Å². The second-order valence-corrected chi connectivity index (χ2v) is 4.74. The summed E-state index contributed by atoms with van der Waals surface area (Å²) in [4.78, 5) is 0. The Balaban J connectivity index is 1.81. The van der Waals surface area contributed by atoms with Crippen LogP contribution in [0.1, 0.15) is 36.4 Å². The van der Waals surface area contributed by atoms with Gasteiger partial charge in [0.1, 0.15) is 0 Å². The summed E-state index contributed by atoms with van der Waals surface area (Å²) in [5.41, 5.74) is 2.61. The molecule has 0 spiro atoms. The molecule has 15 heavy (non-hydrogen) atoms. The molecule has 2 aliphatic rings. The average molecular weight is 203 g/mol. The quantitative estimate of drug-likeness (QED) is 0.768. The van der Waals surface area contributed by atoms with Crippen molar-refractivity contribution in [3.63, 3.8) is 0 Å². The fraction of sp³-hybridized carbons (Fsp3) is 0.538. The highest BCUT2D eigenvalue weighted by atomic mass is 16.3. The molecule has 0 radical (unpaired) electrons. The van der Waals surface area contributed by atoms with Gasteiger partial charge in [-0.2, -0.15) is 0 Å². The van der Waals surface area contributed by atoms with E-state index in [2.05, 4.69) is 29.6 Å². The molecule has 2 nitrogen and oxygen atoms in total. The lowest BCUT2D eigenvalue weighted by Crippen LogP contribution is -2.41. The average Bonchev–Trinajstić information content (AvgIpc) is 2.48. The molecule has 0 aliphatic heterocycles. The number of hydrogen-bond donors (Lipinski definition) is 2. The lowest BCUT2D eigenvalue weighted by molar-refractivity contribution is 0.125. The van der Waals surface area contributed by atoms with Crippen molar-refractivity contribution in [1.29, 1.82) is 0 Å². The Bertz CT molecular complexity index is 359. The van der Waals surface area contributed by atoms with Crippen LogP contribution in [-0.4, -0.2) is 17.3 Å². The third-order valence-electron chi connectivity index (χ3n) is 3.72. The van der Waals surface area contributed by atoms with Gasteiger partial charge >= 0.3 is 0 Å². The zero-order valence-electron chi connectivity index (χ0n) is 8.82. The fourth-order valence-electron chi connectivity index (χ4n) is 2.60. The zero-order valence-corrected chi connectivity index (χ0v) is 8.82. The molecule has 1 aromatic rings. The van der Waals surface area contributed by atoms with E-state index in [1.165, 1.54) is 30.4 Å². The molecule has 2 aliphatic carbocycles. The van der Waals surface area contributed by atoms with Crippen molar-refractivity contribution < 1.29 is 5.11 Å². The predicted molar refractivity (Wildman–Crippen MR) is 59.7 cm³/mol. The van der Waals surface area contributed by atoms with Gasteiger partial charge in [-0.25, -0.2) is 0 Å². The number of aliphatic hydroxyl groups excluding tert-OH is 1. The van der Waals surface area contributed by atoms with Gasteiger partial charge in [-0.3, -0.25) is 0 Å². The van der Waals surface area contributed by atoms with Crippen molar-refractivity contribution in [2.24, 2.45) is 0 Å². The Morgan fingerprint density at radius 3 is 2.73 bits per heavy atom. The number of nitrogens with one attached hydrogen (secondary N) is 1. The lowest BCUT2D eigenvalue weighted by atomic mass is 9.91. The van der Waals surface area contributed by atoms with Crippen molar-refractivity contribution in [1.82, 2.24) is 5.32 Å². The molecule has 3 rings (SSSR count). The molecule has 2 heteroatoms. The minimum absolute atomic E-state index is 0.173. The normalized spacial score (nSPS) is 29.9. The molecule has 0 amide bonds. The van der Waals surface area contributed by atoms with Crippen molar-refractivity contribution in [2.75, 3.05) is 0 Å². The van der Waals surface area contributed by atoms with Crippen LogP contribution in [0.3, 0.4) is 0 Å². The van der Waals surface area contributed by atoms with Crippen molar-refractivity contribution >= 4 is 0 Å². The standard InChI is InChI=1S/C13H17NO/c15-12-8-9-4-1-2-7-11(9)13(12)14-10-5-3-6-10/h1-2,4,7,10,12-15H,3,5-6,8H2/t12-,13+/m1/s1. The van der Waals surface area contributed by atoms with Gasteiger partial charge in [-0.1, -0.05) is 30.7 Å². The largest absolute Gasteiger partial charge is 0.391 e. The van der Waals surface area contributed by atoms with Crippen molar-refractivity contribution in [3.05, 3.63) is 35.4 Å². The second kappa shape index (κ2) is 3.62.